The first-order valence-electron chi connectivity index (χ1n) is 4.90. The monoisotopic (exact) mass is 185 g/mol. The molecule has 2 N–H and O–H groups in total. The van der Waals surface area contributed by atoms with E-state index in [0.717, 1.165) is 19.3 Å². The molecule has 0 saturated heterocycles. The van der Waals surface area contributed by atoms with Gasteiger partial charge in [-0.25, -0.2) is 0 Å². The summed E-state index contributed by atoms with van der Waals surface area (Å²) in [5.41, 5.74) is 0.0166. The van der Waals surface area contributed by atoms with Crippen LogP contribution in [0.4, 0.5) is 0 Å². The SMILES string of the molecule is CC(C)(C)N[C@@H]1CCC[C@@H]1C(=O)O. The van der Waals surface area contributed by atoms with Crippen LogP contribution in [0, 0.1) is 5.92 Å². The first kappa shape index (κ1) is 10.5. The Morgan fingerprint density at radius 3 is 2.46 bits per heavy atom. The van der Waals surface area contributed by atoms with Gasteiger partial charge in [0.2, 0.25) is 0 Å². The lowest BCUT2D eigenvalue weighted by Crippen LogP contribution is -2.46. The van der Waals surface area contributed by atoms with Crippen molar-refractivity contribution in [2.45, 2.75) is 51.6 Å². The van der Waals surface area contributed by atoms with Gasteiger partial charge in [0, 0.05) is 11.6 Å². The second-order valence-electron chi connectivity index (χ2n) is 4.88. The van der Waals surface area contributed by atoms with E-state index >= 15 is 0 Å². The normalized spacial score (nSPS) is 29.2. The van der Waals surface area contributed by atoms with Gasteiger partial charge in [-0.2, -0.15) is 0 Å². The van der Waals surface area contributed by atoms with Gasteiger partial charge in [-0.1, -0.05) is 6.42 Å². The fourth-order valence-electron chi connectivity index (χ4n) is 1.98. The van der Waals surface area contributed by atoms with Gasteiger partial charge in [0.25, 0.3) is 0 Å². The molecular formula is C10H19NO2. The molecule has 13 heavy (non-hydrogen) atoms. The lowest BCUT2D eigenvalue weighted by atomic mass is 10.00. The molecule has 0 aromatic rings. The lowest BCUT2D eigenvalue weighted by molar-refractivity contribution is -0.142. The molecule has 1 rings (SSSR count). The van der Waals surface area contributed by atoms with Crippen LogP contribution >= 0.6 is 0 Å². The van der Waals surface area contributed by atoms with Crippen molar-refractivity contribution in [1.29, 1.82) is 0 Å². The van der Waals surface area contributed by atoms with Gasteiger partial charge in [0.05, 0.1) is 5.92 Å². The van der Waals surface area contributed by atoms with Gasteiger partial charge in [-0.05, 0) is 33.6 Å². The number of nitrogens with one attached hydrogen (secondary N) is 1. The molecule has 0 unspecified atom stereocenters. The summed E-state index contributed by atoms with van der Waals surface area (Å²) < 4.78 is 0. The topological polar surface area (TPSA) is 49.3 Å². The van der Waals surface area contributed by atoms with Gasteiger partial charge in [-0.3, -0.25) is 4.79 Å². The van der Waals surface area contributed by atoms with Crippen LogP contribution in [-0.2, 0) is 4.79 Å². The smallest absolute Gasteiger partial charge is 0.308 e. The van der Waals surface area contributed by atoms with Crippen LogP contribution in [0.2, 0.25) is 0 Å². The van der Waals surface area contributed by atoms with E-state index in [-0.39, 0.29) is 17.5 Å². The fraction of sp³-hybridized carbons (Fsp3) is 0.900. The van der Waals surface area contributed by atoms with Crippen molar-refractivity contribution in [3.63, 3.8) is 0 Å². The van der Waals surface area contributed by atoms with E-state index in [0.29, 0.717) is 0 Å². The zero-order chi connectivity index (χ0) is 10.1. The molecule has 2 atom stereocenters. The third-order valence-electron chi connectivity index (χ3n) is 2.45. The van der Waals surface area contributed by atoms with Crippen molar-refractivity contribution in [3.05, 3.63) is 0 Å². The minimum absolute atomic E-state index is 0.0166. The molecule has 76 valence electrons. The first-order chi connectivity index (χ1) is 5.90. The molecule has 0 heterocycles. The fourth-order valence-corrected chi connectivity index (χ4v) is 1.98. The van der Waals surface area contributed by atoms with Crippen molar-refractivity contribution in [3.8, 4) is 0 Å². The summed E-state index contributed by atoms with van der Waals surface area (Å²) in [6.45, 7) is 6.22. The minimum atomic E-state index is -0.653. The summed E-state index contributed by atoms with van der Waals surface area (Å²) in [4.78, 5) is 10.9. The molecule has 3 heteroatoms. The number of hydrogen-bond acceptors (Lipinski definition) is 2. The summed E-state index contributed by atoms with van der Waals surface area (Å²) >= 11 is 0. The Kier molecular flexibility index (Phi) is 2.96. The summed E-state index contributed by atoms with van der Waals surface area (Å²) in [5.74, 6) is -0.835. The summed E-state index contributed by atoms with van der Waals surface area (Å²) in [6.07, 6.45) is 2.85. The first-order valence-corrected chi connectivity index (χ1v) is 4.90. The highest BCUT2D eigenvalue weighted by Gasteiger charge is 2.34. The number of hydrogen-bond donors (Lipinski definition) is 2. The van der Waals surface area contributed by atoms with Crippen LogP contribution in [0.1, 0.15) is 40.0 Å². The average molecular weight is 185 g/mol. The highest BCUT2D eigenvalue weighted by Crippen LogP contribution is 2.27. The molecule has 0 aromatic heterocycles. The predicted octanol–water partition coefficient (Wildman–Crippen LogP) is 1.63. The number of rotatable bonds is 2. The quantitative estimate of drug-likeness (QED) is 0.687. The standard InChI is InChI=1S/C10H19NO2/c1-10(2,3)11-8-6-4-5-7(8)9(12)13/h7-8,11H,4-6H2,1-3H3,(H,12,13)/t7-,8+/m0/s1. The van der Waals surface area contributed by atoms with Gasteiger partial charge >= 0.3 is 5.97 Å². The molecule has 3 nitrogen and oxygen atoms in total. The summed E-state index contributed by atoms with van der Waals surface area (Å²) in [7, 11) is 0. The number of carbonyl (C=O) groups is 1. The van der Waals surface area contributed by atoms with Crippen molar-refractivity contribution < 1.29 is 9.90 Å². The third kappa shape index (κ3) is 2.99. The molecule has 0 spiro atoms. The van der Waals surface area contributed by atoms with Crippen molar-refractivity contribution in [2.24, 2.45) is 5.92 Å². The Morgan fingerprint density at radius 2 is 2.00 bits per heavy atom. The zero-order valence-corrected chi connectivity index (χ0v) is 8.63. The lowest BCUT2D eigenvalue weighted by Gasteiger charge is -2.28. The van der Waals surface area contributed by atoms with Crippen LogP contribution in [0.15, 0.2) is 0 Å². The maximum Gasteiger partial charge on any atom is 0.308 e. The highest BCUT2D eigenvalue weighted by molar-refractivity contribution is 5.71. The molecule has 1 saturated carbocycles. The molecule has 0 radical (unpaired) electrons. The van der Waals surface area contributed by atoms with E-state index in [1.54, 1.807) is 0 Å². The highest BCUT2D eigenvalue weighted by atomic mass is 16.4. The maximum atomic E-state index is 10.9. The molecule has 1 aliphatic rings. The Bertz CT molecular complexity index is 196. The molecule has 0 bridgehead atoms. The minimum Gasteiger partial charge on any atom is -0.481 e. The molecule has 1 fully saturated rings. The van der Waals surface area contributed by atoms with Crippen LogP contribution in [0.3, 0.4) is 0 Å². The van der Waals surface area contributed by atoms with Gasteiger partial charge in [0.1, 0.15) is 0 Å². The van der Waals surface area contributed by atoms with Crippen LogP contribution in [0.25, 0.3) is 0 Å². The van der Waals surface area contributed by atoms with Gasteiger partial charge < -0.3 is 10.4 Å². The number of carboxylic acids is 1. The van der Waals surface area contributed by atoms with Crippen LogP contribution in [-0.4, -0.2) is 22.7 Å². The molecular weight excluding hydrogens is 166 g/mol. The average Bonchev–Trinajstić information content (AvgIpc) is 2.31. The van der Waals surface area contributed by atoms with Gasteiger partial charge in [0.15, 0.2) is 0 Å². The van der Waals surface area contributed by atoms with Gasteiger partial charge in [-0.15, -0.1) is 0 Å². The predicted molar refractivity (Wildman–Crippen MR) is 51.7 cm³/mol. The molecule has 0 aliphatic heterocycles. The second kappa shape index (κ2) is 3.66. The summed E-state index contributed by atoms with van der Waals surface area (Å²) in [6, 6.07) is 0.164. The third-order valence-corrected chi connectivity index (χ3v) is 2.45. The molecule has 1 aliphatic carbocycles. The van der Waals surface area contributed by atoms with Crippen molar-refractivity contribution >= 4 is 5.97 Å². The Balaban J connectivity index is 2.54. The molecule has 0 aromatic carbocycles. The number of aliphatic carboxylic acids is 1. The Hall–Kier alpha value is -0.570. The van der Waals surface area contributed by atoms with Crippen LogP contribution in [0.5, 0.6) is 0 Å². The second-order valence-corrected chi connectivity index (χ2v) is 4.88. The zero-order valence-electron chi connectivity index (χ0n) is 8.63. The van der Waals surface area contributed by atoms with E-state index in [1.165, 1.54) is 0 Å². The van der Waals surface area contributed by atoms with E-state index in [2.05, 4.69) is 26.1 Å². The molecule has 0 amide bonds. The maximum absolute atomic E-state index is 10.9. The number of carboxylic acid groups (broad SMARTS) is 1. The largest absolute Gasteiger partial charge is 0.481 e. The van der Waals surface area contributed by atoms with E-state index in [4.69, 9.17) is 5.11 Å². The van der Waals surface area contributed by atoms with E-state index < -0.39 is 5.97 Å². The van der Waals surface area contributed by atoms with E-state index in [9.17, 15) is 4.79 Å². The summed E-state index contributed by atoms with van der Waals surface area (Å²) in [5, 5.41) is 12.3. The van der Waals surface area contributed by atoms with Crippen molar-refractivity contribution in [2.75, 3.05) is 0 Å². The Labute approximate surface area is 79.5 Å². The van der Waals surface area contributed by atoms with E-state index in [1.807, 2.05) is 0 Å². The Morgan fingerprint density at radius 1 is 1.38 bits per heavy atom. The van der Waals surface area contributed by atoms with Crippen molar-refractivity contribution in [1.82, 2.24) is 5.32 Å². The van der Waals surface area contributed by atoms with Crippen LogP contribution < -0.4 is 5.32 Å².